The van der Waals surface area contributed by atoms with Crippen LogP contribution in [0.1, 0.15) is 26.5 Å². The molecule has 0 unspecified atom stereocenters. The molecule has 5 heteroatoms. The Hall–Kier alpha value is -1.78. The number of pyridine rings is 1. The number of carbonyl (C=O) groups excluding carboxylic acids is 1. The van der Waals surface area contributed by atoms with Crippen LogP contribution in [-0.2, 0) is 0 Å². The molecule has 0 aliphatic carbocycles. The smallest absolute Gasteiger partial charge is 0.343 e. The van der Waals surface area contributed by atoms with Gasteiger partial charge in [0.2, 0.25) is 0 Å². The van der Waals surface area contributed by atoms with Gasteiger partial charge in [-0.25, -0.2) is 4.79 Å². The molecule has 5 nitrogen and oxygen atoms in total. The first-order valence-electron chi connectivity index (χ1n) is 5.04. The fraction of sp³-hybridized carbons (Fsp3) is 0.455. The van der Waals surface area contributed by atoms with Crippen molar-refractivity contribution in [3.05, 3.63) is 29.4 Å². The predicted octanol–water partition coefficient (Wildman–Crippen LogP) is 1.44. The summed E-state index contributed by atoms with van der Waals surface area (Å²) in [5, 5.41) is 12.3. The quantitative estimate of drug-likeness (QED) is 0.653. The van der Waals surface area contributed by atoms with Crippen molar-refractivity contribution in [2.75, 3.05) is 0 Å². The number of hydrogen-bond acceptors (Lipinski definition) is 2. The molecule has 0 aliphatic heterocycles. The summed E-state index contributed by atoms with van der Waals surface area (Å²) in [6, 6.07) is 4.54. The van der Waals surface area contributed by atoms with E-state index in [4.69, 9.17) is 0 Å². The topological polar surface area (TPSA) is 66.6 Å². The van der Waals surface area contributed by atoms with E-state index in [2.05, 4.69) is 10.3 Å². The lowest BCUT2D eigenvalue weighted by Crippen LogP contribution is -2.40. The lowest BCUT2D eigenvalue weighted by atomic mass is 10.1. The molecule has 0 radical (unpaired) electrons. The highest BCUT2D eigenvalue weighted by molar-refractivity contribution is 5.75. The van der Waals surface area contributed by atoms with Crippen molar-refractivity contribution in [2.24, 2.45) is 4.99 Å². The van der Waals surface area contributed by atoms with E-state index in [1.165, 1.54) is 0 Å². The maximum absolute atomic E-state index is 11.5. The van der Waals surface area contributed by atoms with Gasteiger partial charge < -0.3 is 10.5 Å². The first kappa shape index (κ1) is 12.3. The van der Waals surface area contributed by atoms with E-state index in [9.17, 15) is 10.0 Å². The first-order chi connectivity index (χ1) is 7.29. The van der Waals surface area contributed by atoms with Crippen LogP contribution in [0.3, 0.4) is 0 Å². The Morgan fingerprint density at radius 3 is 2.62 bits per heavy atom. The highest BCUT2D eigenvalue weighted by Gasteiger charge is 2.12. The molecule has 1 rings (SSSR count). The molecular weight excluding hydrogens is 206 g/mol. The van der Waals surface area contributed by atoms with Crippen molar-refractivity contribution in [1.82, 2.24) is 10.0 Å². The van der Waals surface area contributed by atoms with E-state index in [0.717, 1.165) is 4.73 Å². The lowest BCUT2D eigenvalue weighted by Gasteiger charge is -2.18. The Kier molecular flexibility index (Phi) is 3.37. The molecule has 0 saturated heterocycles. The number of amides is 2. The van der Waals surface area contributed by atoms with Crippen LogP contribution >= 0.6 is 0 Å². The number of aromatic nitrogens is 1. The number of nitrogens with one attached hydrogen (secondary N) is 1. The first-order valence-corrected chi connectivity index (χ1v) is 5.04. The number of nitrogens with zero attached hydrogens (tertiary/aromatic N) is 2. The zero-order chi connectivity index (χ0) is 12.3. The highest BCUT2D eigenvalue weighted by Crippen LogP contribution is 1.98. The van der Waals surface area contributed by atoms with Crippen LogP contribution < -0.4 is 10.8 Å². The average Bonchev–Trinajstić information content (AvgIpc) is 2.09. The molecule has 0 saturated carbocycles. The molecule has 0 spiro atoms. The minimum atomic E-state index is -0.471. The van der Waals surface area contributed by atoms with Crippen molar-refractivity contribution in [3.63, 3.8) is 0 Å². The van der Waals surface area contributed by atoms with Gasteiger partial charge in [0.1, 0.15) is 0 Å². The Balaban J connectivity index is 3.01. The van der Waals surface area contributed by atoms with Gasteiger partial charge >= 0.3 is 6.03 Å². The van der Waals surface area contributed by atoms with Crippen LogP contribution in [0.5, 0.6) is 0 Å². The molecule has 1 heterocycles. The van der Waals surface area contributed by atoms with Gasteiger partial charge in [-0.1, -0.05) is 6.07 Å². The Morgan fingerprint density at radius 2 is 2.06 bits per heavy atom. The number of hydrogen-bond donors (Lipinski definition) is 2. The number of rotatable bonds is 0. The van der Waals surface area contributed by atoms with Crippen LogP contribution in [0.2, 0.25) is 0 Å². The number of carbonyl (C=O) groups is 1. The van der Waals surface area contributed by atoms with Gasteiger partial charge in [-0.3, -0.25) is 0 Å². The van der Waals surface area contributed by atoms with E-state index in [-0.39, 0.29) is 11.0 Å². The second-order valence-electron chi connectivity index (χ2n) is 4.63. The minimum absolute atomic E-state index is 0.210. The van der Waals surface area contributed by atoms with E-state index < -0.39 is 6.03 Å². The van der Waals surface area contributed by atoms with Crippen molar-refractivity contribution in [2.45, 2.75) is 33.2 Å². The number of urea groups is 1. The SMILES string of the molecule is Cc1ccc/c(=N\C(=O)NC(C)(C)C)n1O. The molecule has 0 aliphatic rings. The van der Waals surface area contributed by atoms with Crippen LogP contribution in [0.4, 0.5) is 4.79 Å². The molecule has 0 aromatic carbocycles. The molecule has 2 amide bonds. The van der Waals surface area contributed by atoms with Crippen molar-refractivity contribution in [1.29, 1.82) is 0 Å². The minimum Gasteiger partial charge on any atom is -0.427 e. The number of aryl methyl sites for hydroxylation is 1. The molecule has 2 N–H and O–H groups in total. The van der Waals surface area contributed by atoms with E-state index in [1.54, 1.807) is 25.1 Å². The van der Waals surface area contributed by atoms with Gasteiger partial charge in [-0.15, -0.1) is 0 Å². The molecule has 16 heavy (non-hydrogen) atoms. The molecule has 0 fully saturated rings. The maximum Gasteiger partial charge on any atom is 0.343 e. The normalized spacial score (nSPS) is 12.6. The molecule has 1 aromatic rings. The van der Waals surface area contributed by atoms with Gasteiger partial charge in [0.15, 0.2) is 5.49 Å². The summed E-state index contributed by atoms with van der Waals surface area (Å²) in [5.41, 5.74) is 0.483. The molecular formula is C11H17N3O2. The monoisotopic (exact) mass is 223 g/mol. The van der Waals surface area contributed by atoms with E-state index >= 15 is 0 Å². The third-order valence-corrected chi connectivity index (χ3v) is 1.83. The van der Waals surface area contributed by atoms with Gasteiger partial charge in [0, 0.05) is 5.54 Å². The van der Waals surface area contributed by atoms with Gasteiger partial charge in [0.05, 0.1) is 5.69 Å². The van der Waals surface area contributed by atoms with E-state index in [1.807, 2.05) is 20.8 Å². The molecule has 88 valence electrons. The van der Waals surface area contributed by atoms with Crippen molar-refractivity contribution in [3.8, 4) is 0 Å². The van der Waals surface area contributed by atoms with Crippen LogP contribution in [0.25, 0.3) is 0 Å². The van der Waals surface area contributed by atoms with Crippen molar-refractivity contribution >= 4 is 6.03 Å². The summed E-state index contributed by atoms with van der Waals surface area (Å²) in [5.74, 6) is 0. The third-order valence-electron chi connectivity index (χ3n) is 1.83. The standard InChI is InChI=1S/C11H17N3O2/c1-8-6-5-7-9(14(8)16)12-10(15)13-11(2,3)4/h5-7,16H,1-4H3,(H,13,15)/b12-9+. The predicted molar refractivity (Wildman–Crippen MR) is 60.2 cm³/mol. The zero-order valence-corrected chi connectivity index (χ0v) is 9.98. The molecule has 0 bridgehead atoms. The average molecular weight is 223 g/mol. The van der Waals surface area contributed by atoms with Crippen LogP contribution in [0, 0.1) is 6.92 Å². The maximum atomic E-state index is 11.5. The summed E-state index contributed by atoms with van der Waals surface area (Å²) < 4.78 is 0.877. The fourth-order valence-corrected chi connectivity index (χ4v) is 1.13. The highest BCUT2D eigenvalue weighted by atomic mass is 16.5. The largest absolute Gasteiger partial charge is 0.427 e. The second kappa shape index (κ2) is 4.38. The Morgan fingerprint density at radius 1 is 1.44 bits per heavy atom. The van der Waals surface area contributed by atoms with Crippen LogP contribution in [-0.4, -0.2) is 21.5 Å². The van der Waals surface area contributed by atoms with Gasteiger partial charge in [0.25, 0.3) is 0 Å². The summed E-state index contributed by atoms with van der Waals surface area (Å²) in [6.45, 7) is 7.32. The third kappa shape index (κ3) is 3.42. The second-order valence-corrected chi connectivity index (χ2v) is 4.63. The summed E-state index contributed by atoms with van der Waals surface area (Å²) in [4.78, 5) is 15.3. The van der Waals surface area contributed by atoms with Crippen LogP contribution in [0.15, 0.2) is 23.2 Å². The summed E-state index contributed by atoms with van der Waals surface area (Å²) in [7, 11) is 0. The van der Waals surface area contributed by atoms with Crippen molar-refractivity contribution < 1.29 is 10.0 Å². The fourth-order valence-electron chi connectivity index (χ4n) is 1.13. The zero-order valence-electron chi connectivity index (χ0n) is 9.98. The Bertz CT molecular complexity index is 455. The molecule has 1 aromatic heterocycles. The summed E-state index contributed by atoms with van der Waals surface area (Å²) >= 11 is 0. The Labute approximate surface area is 94.4 Å². The lowest BCUT2D eigenvalue weighted by molar-refractivity contribution is 0.164. The van der Waals surface area contributed by atoms with Gasteiger partial charge in [-0.2, -0.15) is 9.72 Å². The van der Waals surface area contributed by atoms with E-state index in [0.29, 0.717) is 5.69 Å². The summed E-state index contributed by atoms with van der Waals surface area (Å²) in [6.07, 6.45) is 0. The molecule has 0 atom stereocenters. The van der Waals surface area contributed by atoms with Gasteiger partial charge in [-0.05, 0) is 39.8 Å².